The van der Waals surface area contributed by atoms with Crippen molar-refractivity contribution in [2.24, 2.45) is 0 Å². The fraction of sp³-hybridized carbons (Fsp3) is 0.647. The highest BCUT2D eigenvalue weighted by Gasteiger charge is 2.68. The van der Waals surface area contributed by atoms with Crippen molar-refractivity contribution in [3.05, 3.63) is 11.4 Å². The number of esters is 5. The zero-order valence-corrected chi connectivity index (χ0v) is 16.5. The Morgan fingerprint density at radius 3 is 1.76 bits per heavy atom. The van der Waals surface area contributed by atoms with Crippen LogP contribution in [0.15, 0.2) is 0 Å². The maximum absolute atomic E-state index is 11.8. The number of carbonyl (C=O) groups is 5. The Bertz CT molecular complexity index is 709. The van der Waals surface area contributed by atoms with Crippen molar-refractivity contribution < 1.29 is 52.4 Å². The number of nitrogens with zero attached hydrogens (tertiary/aromatic N) is 1. The molecule has 0 unspecified atom stereocenters. The molecule has 0 radical (unpaired) electrons. The van der Waals surface area contributed by atoms with Crippen LogP contribution >= 0.6 is 0 Å². The number of hydrogen-bond acceptors (Lipinski definition) is 11. The third-order valence-corrected chi connectivity index (χ3v) is 3.50. The quantitative estimate of drug-likeness (QED) is 0.248. The molecule has 1 fully saturated rings. The van der Waals surface area contributed by atoms with Crippen molar-refractivity contribution in [2.45, 2.75) is 64.9 Å². The Kier molecular flexibility index (Phi) is 8.08. The Hall–Kier alpha value is -3.20. The number of carbonyl (C=O) groups excluding carboxylic acids is 5. The summed E-state index contributed by atoms with van der Waals surface area (Å²) < 4.78 is 30.9. The average molecular weight is 415 g/mol. The van der Waals surface area contributed by atoms with Gasteiger partial charge in [0, 0.05) is 34.6 Å². The molecule has 0 aromatic heterocycles. The summed E-state index contributed by atoms with van der Waals surface area (Å²) in [6.45, 7) is 11.7. The van der Waals surface area contributed by atoms with E-state index in [1.54, 1.807) is 0 Å². The molecule has 29 heavy (non-hydrogen) atoms. The molecule has 0 bridgehead atoms. The number of hydrogen-bond donors (Lipinski definition) is 0. The van der Waals surface area contributed by atoms with Gasteiger partial charge >= 0.3 is 41.9 Å². The summed E-state index contributed by atoms with van der Waals surface area (Å²) in [6, 6.07) is 0. The molecule has 0 saturated carbocycles. The van der Waals surface area contributed by atoms with Crippen molar-refractivity contribution in [2.75, 3.05) is 6.61 Å². The van der Waals surface area contributed by atoms with E-state index in [0.717, 1.165) is 34.6 Å². The molecule has 1 rings (SSSR count). The summed E-state index contributed by atoms with van der Waals surface area (Å²) in [5, 5.41) is 0. The Morgan fingerprint density at radius 1 is 0.862 bits per heavy atom. The predicted octanol–water partition coefficient (Wildman–Crippen LogP) is -0.120. The largest absolute Gasteiger partial charge is 0.463 e. The van der Waals surface area contributed by atoms with Crippen molar-refractivity contribution in [1.29, 1.82) is 0 Å². The molecule has 1 saturated heterocycles. The molecule has 4 atom stereocenters. The lowest BCUT2D eigenvalue weighted by Crippen LogP contribution is -2.71. The summed E-state index contributed by atoms with van der Waals surface area (Å²) in [5.74, 6) is -7.01. The van der Waals surface area contributed by atoms with Crippen LogP contribution in [0.2, 0.25) is 0 Å². The zero-order valence-electron chi connectivity index (χ0n) is 16.5. The second kappa shape index (κ2) is 9.83. The highest BCUT2D eigenvalue weighted by Crippen LogP contribution is 2.39. The van der Waals surface area contributed by atoms with Gasteiger partial charge in [-0.1, -0.05) is 0 Å². The minimum atomic E-state index is -2.50. The van der Waals surface area contributed by atoms with Crippen molar-refractivity contribution in [3.63, 3.8) is 0 Å². The third kappa shape index (κ3) is 6.15. The minimum Gasteiger partial charge on any atom is -0.463 e. The lowest BCUT2D eigenvalue weighted by Gasteiger charge is -2.47. The van der Waals surface area contributed by atoms with E-state index in [4.69, 9.17) is 35.0 Å². The Balaban J connectivity index is 3.65. The summed E-state index contributed by atoms with van der Waals surface area (Å²) in [4.78, 5) is 61.3. The van der Waals surface area contributed by atoms with E-state index in [9.17, 15) is 24.0 Å². The van der Waals surface area contributed by atoms with Crippen LogP contribution in [0.4, 0.5) is 0 Å². The maximum atomic E-state index is 11.8. The van der Waals surface area contributed by atoms with Gasteiger partial charge in [0.1, 0.15) is 6.61 Å². The first-order valence-corrected chi connectivity index (χ1v) is 8.32. The second-order valence-electron chi connectivity index (χ2n) is 5.96. The second-order valence-corrected chi connectivity index (χ2v) is 5.96. The lowest BCUT2D eigenvalue weighted by molar-refractivity contribution is -0.353. The molecule has 1 aliphatic rings. The van der Waals surface area contributed by atoms with Crippen LogP contribution in [0.3, 0.4) is 0 Å². The Labute approximate surface area is 166 Å². The molecular weight excluding hydrogens is 394 g/mol. The van der Waals surface area contributed by atoms with Crippen molar-refractivity contribution in [3.8, 4) is 0 Å². The van der Waals surface area contributed by atoms with Crippen molar-refractivity contribution >= 4 is 29.8 Å². The highest BCUT2D eigenvalue weighted by molar-refractivity contribution is 5.71. The smallest absolute Gasteiger partial charge is 0.369 e. The maximum Gasteiger partial charge on any atom is 0.369 e. The number of rotatable bonds is 6. The van der Waals surface area contributed by atoms with E-state index in [1.165, 1.54) is 0 Å². The monoisotopic (exact) mass is 415 g/mol. The van der Waals surface area contributed by atoms with Gasteiger partial charge in [-0.2, -0.15) is 0 Å². The summed E-state index contributed by atoms with van der Waals surface area (Å²) >= 11 is 0. The van der Waals surface area contributed by atoms with Crippen LogP contribution in [0.1, 0.15) is 34.6 Å². The fourth-order valence-corrected chi connectivity index (χ4v) is 2.71. The highest BCUT2D eigenvalue weighted by atomic mass is 16.8. The molecule has 0 aromatic rings. The molecule has 0 spiro atoms. The van der Waals surface area contributed by atoms with Gasteiger partial charge in [-0.25, -0.2) is 6.57 Å². The van der Waals surface area contributed by atoms with Gasteiger partial charge in [-0.3, -0.25) is 33.6 Å². The van der Waals surface area contributed by atoms with Crippen LogP contribution in [0, 0.1) is 6.57 Å². The first kappa shape index (κ1) is 23.8. The van der Waals surface area contributed by atoms with Gasteiger partial charge in [0.15, 0.2) is 6.10 Å². The van der Waals surface area contributed by atoms with Gasteiger partial charge in [-0.15, -0.1) is 0 Å². The van der Waals surface area contributed by atoms with E-state index in [1.807, 2.05) is 0 Å². The fourth-order valence-electron chi connectivity index (χ4n) is 2.71. The Morgan fingerprint density at radius 2 is 1.38 bits per heavy atom. The van der Waals surface area contributed by atoms with Gasteiger partial charge in [-0.05, 0) is 0 Å². The molecule has 0 aliphatic carbocycles. The standard InChI is InChI=1S/C17H21NO11/c1-8(19)24-7-13-17(28-11(4)22,29-12(5)23)15(26-10(3)21)14(25-9(2)20)16(18-6)27-13/h13-16H,7H2,1-5H3/t13-,14-,15-,16-/m1/s1. The third-order valence-electron chi connectivity index (χ3n) is 3.50. The molecule has 160 valence electrons. The van der Waals surface area contributed by atoms with Crippen LogP contribution in [-0.4, -0.2) is 66.8 Å². The molecule has 1 heterocycles. The zero-order chi connectivity index (χ0) is 22.4. The first-order chi connectivity index (χ1) is 13.4. The van der Waals surface area contributed by atoms with Crippen LogP contribution in [0.5, 0.6) is 0 Å². The van der Waals surface area contributed by atoms with E-state index in [-0.39, 0.29) is 0 Å². The molecule has 0 amide bonds. The van der Waals surface area contributed by atoms with Gasteiger partial charge in [0.05, 0.1) is 0 Å². The normalized spacial score (nSPS) is 25.0. The van der Waals surface area contributed by atoms with E-state index >= 15 is 0 Å². The first-order valence-electron chi connectivity index (χ1n) is 8.32. The van der Waals surface area contributed by atoms with Gasteiger partial charge in [0.2, 0.25) is 12.2 Å². The van der Waals surface area contributed by atoms with E-state index < -0.39 is 66.8 Å². The number of ether oxygens (including phenoxy) is 6. The molecule has 12 heteroatoms. The van der Waals surface area contributed by atoms with E-state index in [2.05, 4.69) is 4.85 Å². The molecule has 12 nitrogen and oxygen atoms in total. The minimum absolute atomic E-state index is 0.632. The molecule has 0 N–H and O–H groups in total. The SMILES string of the molecule is [C-]#[N+][C@@H]1O[C@H](COC(C)=O)C(OC(C)=O)(OC(C)=O)[C@H](OC(C)=O)[C@H]1OC(C)=O. The van der Waals surface area contributed by atoms with Gasteiger partial charge in [0.25, 0.3) is 0 Å². The predicted molar refractivity (Wildman–Crippen MR) is 89.3 cm³/mol. The van der Waals surface area contributed by atoms with Crippen LogP contribution in [0.25, 0.3) is 4.85 Å². The van der Waals surface area contributed by atoms with Crippen molar-refractivity contribution in [1.82, 2.24) is 0 Å². The average Bonchev–Trinajstić information content (AvgIpc) is 2.55. The molecule has 1 aliphatic heterocycles. The summed E-state index contributed by atoms with van der Waals surface area (Å²) in [7, 11) is 0. The van der Waals surface area contributed by atoms with E-state index in [0.29, 0.717) is 0 Å². The molecular formula is C17H21NO11. The summed E-state index contributed by atoms with van der Waals surface area (Å²) in [5.41, 5.74) is 0. The van der Waals surface area contributed by atoms with Gasteiger partial charge < -0.3 is 23.7 Å². The lowest BCUT2D eigenvalue weighted by atomic mass is 9.93. The molecule has 0 aromatic carbocycles. The summed E-state index contributed by atoms with van der Waals surface area (Å²) in [6.07, 6.45) is -6.54. The van der Waals surface area contributed by atoms with Crippen LogP contribution < -0.4 is 0 Å². The van der Waals surface area contributed by atoms with Crippen LogP contribution in [-0.2, 0) is 52.4 Å². The topological polar surface area (TPSA) is 145 Å².